The smallest absolute Gasteiger partial charge is 0.336 e. The number of halogens is 2. The van der Waals surface area contributed by atoms with E-state index in [2.05, 4.69) is 20.9 Å². The van der Waals surface area contributed by atoms with Crippen LogP contribution in [0.25, 0.3) is 0 Å². The van der Waals surface area contributed by atoms with Crippen LogP contribution in [0.2, 0.25) is 0 Å². The second-order valence-corrected chi connectivity index (χ2v) is 4.76. The lowest BCUT2D eigenvalue weighted by Crippen LogP contribution is -2.06. The summed E-state index contributed by atoms with van der Waals surface area (Å²) in [5.74, 6) is -1.90. The van der Waals surface area contributed by atoms with Gasteiger partial charge >= 0.3 is 5.97 Å². The molecule has 4 nitrogen and oxygen atoms in total. The van der Waals surface area contributed by atoms with Gasteiger partial charge in [0.1, 0.15) is 0 Å². The van der Waals surface area contributed by atoms with Crippen LogP contribution in [0.4, 0.5) is 4.39 Å². The zero-order valence-corrected chi connectivity index (χ0v) is 11.9. The summed E-state index contributed by atoms with van der Waals surface area (Å²) in [6, 6.07) is 8.13. The van der Waals surface area contributed by atoms with Crippen molar-refractivity contribution in [3.63, 3.8) is 0 Å². The fraction of sp³-hybridized carbons (Fsp3) is 0.143. The summed E-state index contributed by atoms with van der Waals surface area (Å²) in [7, 11) is 0. The van der Waals surface area contributed by atoms with E-state index in [0.29, 0.717) is 6.42 Å². The van der Waals surface area contributed by atoms with Crippen LogP contribution in [0.5, 0.6) is 5.75 Å². The number of benzene rings is 1. The third-order valence-corrected chi connectivity index (χ3v) is 3.39. The molecular weight excluding hydrogens is 329 g/mol. The van der Waals surface area contributed by atoms with Gasteiger partial charge < -0.3 is 9.84 Å². The van der Waals surface area contributed by atoms with Crippen molar-refractivity contribution in [3.8, 4) is 5.75 Å². The summed E-state index contributed by atoms with van der Waals surface area (Å²) in [4.78, 5) is 15.0. The molecule has 1 aromatic carbocycles. The number of carbonyl (C=O) groups is 1. The molecule has 0 amide bonds. The van der Waals surface area contributed by atoms with Crippen LogP contribution in [0.3, 0.4) is 0 Å². The molecule has 20 heavy (non-hydrogen) atoms. The standard InChI is InChI=1S/C14H11BrFNO3/c15-12-10(14(18)19)4-5-11(13(12)16)20-8-6-9-3-1-2-7-17-9/h1-5,7H,6,8H2,(H,18,19). The van der Waals surface area contributed by atoms with E-state index in [1.165, 1.54) is 12.1 Å². The third kappa shape index (κ3) is 3.33. The molecule has 0 saturated heterocycles. The van der Waals surface area contributed by atoms with E-state index in [9.17, 15) is 9.18 Å². The Hall–Kier alpha value is -1.95. The first-order valence-electron chi connectivity index (χ1n) is 5.83. The highest BCUT2D eigenvalue weighted by atomic mass is 79.9. The van der Waals surface area contributed by atoms with Gasteiger partial charge in [-0.2, -0.15) is 0 Å². The number of rotatable bonds is 5. The molecule has 2 rings (SSSR count). The van der Waals surface area contributed by atoms with Gasteiger partial charge in [-0.25, -0.2) is 9.18 Å². The topological polar surface area (TPSA) is 59.4 Å². The lowest BCUT2D eigenvalue weighted by atomic mass is 10.2. The quantitative estimate of drug-likeness (QED) is 0.907. The van der Waals surface area contributed by atoms with Crippen LogP contribution in [-0.2, 0) is 6.42 Å². The van der Waals surface area contributed by atoms with Gasteiger partial charge in [-0.05, 0) is 40.2 Å². The lowest BCUT2D eigenvalue weighted by Gasteiger charge is -2.09. The first-order valence-corrected chi connectivity index (χ1v) is 6.63. The lowest BCUT2D eigenvalue weighted by molar-refractivity contribution is 0.0695. The molecule has 1 N–H and O–H groups in total. The number of hydrogen-bond acceptors (Lipinski definition) is 3. The van der Waals surface area contributed by atoms with E-state index in [0.717, 1.165) is 5.69 Å². The van der Waals surface area contributed by atoms with Crippen molar-refractivity contribution in [2.24, 2.45) is 0 Å². The summed E-state index contributed by atoms with van der Waals surface area (Å²) >= 11 is 2.92. The molecule has 2 aromatic rings. The van der Waals surface area contributed by atoms with Crippen LogP contribution in [0, 0.1) is 5.82 Å². The molecule has 0 aliphatic carbocycles. The number of carboxylic acids is 1. The highest BCUT2D eigenvalue weighted by Crippen LogP contribution is 2.28. The van der Waals surface area contributed by atoms with Crippen molar-refractivity contribution in [2.75, 3.05) is 6.61 Å². The monoisotopic (exact) mass is 339 g/mol. The first kappa shape index (κ1) is 14.5. The Bertz CT molecular complexity index is 619. The maximum Gasteiger partial charge on any atom is 0.336 e. The van der Waals surface area contributed by atoms with Gasteiger partial charge in [0, 0.05) is 18.3 Å². The minimum absolute atomic E-state index is 0.0119. The number of ether oxygens (including phenoxy) is 1. The molecule has 0 aliphatic rings. The summed E-state index contributed by atoms with van der Waals surface area (Å²) in [5.41, 5.74) is 0.703. The van der Waals surface area contributed by atoms with E-state index >= 15 is 0 Å². The average molecular weight is 340 g/mol. The maximum atomic E-state index is 13.9. The van der Waals surface area contributed by atoms with Crippen LogP contribution in [0.15, 0.2) is 41.0 Å². The normalized spacial score (nSPS) is 10.3. The van der Waals surface area contributed by atoms with Gasteiger partial charge in [-0.3, -0.25) is 4.98 Å². The Kier molecular flexibility index (Phi) is 4.68. The number of carboxylic acid groups (broad SMARTS) is 1. The minimum atomic E-state index is -1.20. The van der Waals surface area contributed by atoms with Crippen molar-refractivity contribution >= 4 is 21.9 Å². The van der Waals surface area contributed by atoms with Gasteiger partial charge in [0.2, 0.25) is 0 Å². The molecule has 0 fully saturated rings. The third-order valence-electron chi connectivity index (χ3n) is 2.62. The van der Waals surface area contributed by atoms with E-state index < -0.39 is 11.8 Å². The summed E-state index contributed by atoms with van der Waals surface area (Å²) in [6.45, 7) is 0.257. The van der Waals surface area contributed by atoms with Crippen molar-refractivity contribution in [2.45, 2.75) is 6.42 Å². The van der Waals surface area contributed by atoms with Crippen LogP contribution >= 0.6 is 15.9 Å². The van der Waals surface area contributed by atoms with Crippen LogP contribution < -0.4 is 4.74 Å². The molecule has 0 atom stereocenters. The minimum Gasteiger partial charge on any atom is -0.490 e. The molecule has 104 valence electrons. The Labute approximate surface area is 123 Å². The molecule has 6 heteroatoms. The average Bonchev–Trinajstić information content (AvgIpc) is 2.44. The van der Waals surface area contributed by atoms with Gasteiger partial charge in [-0.15, -0.1) is 0 Å². The molecule has 0 bridgehead atoms. The number of aromatic carboxylic acids is 1. The fourth-order valence-electron chi connectivity index (χ4n) is 1.62. The summed E-state index contributed by atoms with van der Waals surface area (Å²) in [6.07, 6.45) is 2.22. The van der Waals surface area contributed by atoms with E-state index in [1.807, 2.05) is 18.2 Å². The number of aromatic nitrogens is 1. The van der Waals surface area contributed by atoms with E-state index in [-0.39, 0.29) is 22.4 Å². The summed E-state index contributed by atoms with van der Waals surface area (Å²) in [5, 5.41) is 8.86. The predicted octanol–water partition coefficient (Wildman–Crippen LogP) is 3.30. The molecule has 0 aliphatic heterocycles. The van der Waals surface area contributed by atoms with Crippen molar-refractivity contribution in [3.05, 3.63) is 58.1 Å². The fourth-order valence-corrected chi connectivity index (χ4v) is 2.12. The van der Waals surface area contributed by atoms with Crippen LogP contribution in [-0.4, -0.2) is 22.7 Å². The SMILES string of the molecule is O=C(O)c1ccc(OCCc2ccccn2)c(F)c1Br. The van der Waals surface area contributed by atoms with Crippen LogP contribution in [0.1, 0.15) is 16.1 Å². The maximum absolute atomic E-state index is 13.9. The zero-order valence-electron chi connectivity index (χ0n) is 10.3. The Morgan fingerprint density at radius 1 is 1.35 bits per heavy atom. The van der Waals surface area contributed by atoms with Crippen molar-refractivity contribution < 1.29 is 19.0 Å². The molecule has 1 aromatic heterocycles. The first-order chi connectivity index (χ1) is 9.59. The van der Waals surface area contributed by atoms with Crippen molar-refractivity contribution in [1.29, 1.82) is 0 Å². The molecule has 0 unspecified atom stereocenters. The Morgan fingerprint density at radius 3 is 2.80 bits per heavy atom. The van der Waals surface area contributed by atoms with Crippen molar-refractivity contribution in [1.82, 2.24) is 4.98 Å². The Balaban J connectivity index is 2.04. The van der Waals surface area contributed by atoms with Gasteiger partial charge in [-0.1, -0.05) is 6.07 Å². The number of nitrogens with zero attached hydrogens (tertiary/aromatic N) is 1. The number of hydrogen-bond donors (Lipinski definition) is 1. The molecule has 0 spiro atoms. The van der Waals surface area contributed by atoms with Gasteiger partial charge in [0.15, 0.2) is 11.6 Å². The van der Waals surface area contributed by atoms with Gasteiger partial charge in [0.05, 0.1) is 16.6 Å². The Morgan fingerprint density at radius 2 is 2.15 bits per heavy atom. The highest BCUT2D eigenvalue weighted by Gasteiger charge is 2.16. The zero-order chi connectivity index (χ0) is 14.5. The largest absolute Gasteiger partial charge is 0.490 e. The van der Waals surface area contributed by atoms with Gasteiger partial charge in [0.25, 0.3) is 0 Å². The molecule has 1 heterocycles. The van der Waals surface area contributed by atoms with E-state index in [1.54, 1.807) is 6.20 Å². The highest BCUT2D eigenvalue weighted by molar-refractivity contribution is 9.10. The summed E-state index contributed by atoms with van der Waals surface area (Å²) < 4.78 is 19.1. The van der Waals surface area contributed by atoms with E-state index in [4.69, 9.17) is 9.84 Å². The predicted molar refractivity (Wildman–Crippen MR) is 74.5 cm³/mol. The molecule has 0 radical (unpaired) electrons. The second-order valence-electron chi connectivity index (χ2n) is 3.96. The second kappa shape index (κ2) is 6.47. The molecule has 0 saturated carbocycles. The molecular formula is C14H11BrFNO3. The number of pyridine rings is 1.